The molecule has 5 nitrogen and oxygen atoms in total. The van der Waals surface area contributed by atoms with Gasteiger partial charge in [0, 0.05) is 30.7 Å². The van der Waals surface area contributed by atoms with Crippen LogP contribution in [0.5, 0.6) is 0 Å². The van der Waals surface area contributed by atoms with Crippen molar-refractivity contribution in [1.82, 2.24) is 4.98 Å². The van der Waals surface area contributed by atoms with Crippen LogP contribution in [-0.4, -0.2) is 30.3 Å². The molecule has 0 radical (unpaired) electrons. The largest absolute Gasteiger partial charge is 0.372 e. The SMILES string of the molecule is C[C@H]1CN(c2ccc(Nc3ccc(C#N)cn3)cc2)C[C@H](C)O1. The fraction of sp³-hybridized carbons (Fsp3) is 0.333. The van der Waals surface area contributed by atoms with Crippen LogP contribution in [0.25, 0.3) is 0 Å². The summed E-state index contributed by atoms with van der Waals surface area (Å²) in [7, 11) is 0. The second kappa shape index (κ2) is 6.67. The van der Waals surface area contributed by atoms with Crippen molar-refractivity contribution < 1.29 is 4.74 Å². The third kappa shape index (κ3) is 3.79. The Kier molecular flexibility index (Phi) is 4.45. The topological polar surface area (TPSA) is 61.2 Å². The van der Waals surface area contributed by atoms with Gasteiger partial charge in [0.1, 0.15) is 11.9 Å². The highest BCUT2D eigenvalue weighted by molar-refractivity contribution is 5.61. The number of nitrogens with one attached hydrogen (secondary N) is 1. The number of hydrogen-bond donors (Lipinski definition) is 1. The van der Waals surface area contributed by atoms with E-state index < -0.39 is 0 Å². The quantitative estimate of drug-likeness (QED) is 0.942. The van der Waals surface area contributed by atoms with Crippen LogP contribution in [0.1, 0.15) is 19.4 Å². The molecule has 2 atom stereocenters. The molecule has 0 bridgehead atoms. The van der Waals surface area contributed by atoms with Gasteiger partial charge in [0.2, 0.25) is 0 Å². The maximum absolute atomic E-state index is 8.79. The summed E-state index contributed by atoms with van der Waals surface area (Å²) in [6.45, 7) is 6.03. The Hall–Kier alpha value is -2.58. The minimum atomic E-state index is 0.249. The van der Waals surface area contributed by atoms with Crippen molar-refractivity contribution in [3.8, 4) is 6.07 Å². The van der Waals surface area contributed by atoms with Crippen molar-refractivity contribution in [2.24, 2.45) is 0 Å². The zero-order chi connectivity index (χ0) is 16.2. The van der Waals surface area contributed by atoms with E-state index in [2.05, 4.69) is 47.3 Å². The second-order valence-corrected chi connectivity index (χ2v) is 5.88. The standard InChI is InChI=1S/C18H20N4O/c1-13-11-22(12-14(2)23-13)17-6-4-16(5-7-17)21-18-8-3-15(9-19)10-20-18/h3-8,10,13-14H,11-12H2,1-2H3,(H,20,21)/t13-,14-/m0/s1. The molecule has 0 spiro atoms. The van der Waals surface area contributed by atoms with Gasteiger partial charge in [-0.15, -0.1) is 0 Å². The molecule has 0 aliphatic carbocycles. The Labute approximate surface area is 136 Å². The summed E-state index contributed by atoms with van der Waals surface area (Å²) in [5.41, 5.74) is 2.73. The van der Waals surface area contributed by atoms with Crippen molar-refractivity contribution in [1.29, 1.82) is 5.26 Å². The van der Waals surface area contributed by atoms with Crippen LogP contribution in [0.4, 0.5) is 17.2 Å². The van der Waals surface area contributed by atoms with Gasteiger partial charge in [0.05, 0.1) is 17.8 Å². The summed E-state index contributed by atoms with van der Waals surface area (Å²) < 4.78 is 5.77. The second-order valence-electron chi connectivity index (χ2n) is 5.88. The van der Waals surface area contributed by atoms with E-state index in [1.54, 1.807) is 18.3 Å². The summed E-state index contributed by atoms with van der Waals surface area (Å²) in [5.74, 6) is 0.727. The van der Waals surface area contributed by atoms with E-state index in [1.165, 1.54) is 5.69 Å². The molecule has 23 heavy (non-hydrogen) atoms. The van der Waals surface area contributed by atoms with Crippen LogP contribution in [0.15, 0.2) is 42.6 Å². The number of nitriles is 1. The molecule has 1 aliphatic heterocycles. The summed E-state index contributed by atoms with van der Waals surface area (Å²) in [5, 5.41) is 12.0. The minimum absolute atomic E-state index is 0.249. The lowest BCUT2D eigenvalue weighted by Gasteiger charge is -2.36. The Morgan fingerprint density at radius 1 is 1.13 bits per heavy atom. The molecule has 1 aromatic carbocycles. The molecular formula is C18H20N4O. The Balaban J connectivity index is 1.68. The van der Waals surface area contributed by atoms with Crippen LogP contribution in [-0.2, 0) is 4.74 Å². The predicted octanol–water partition coefficient (Wildman–Crippen LogP) is 3.31. The van der Waals surface area contributed by atoms with Gasteiger partial charge in [-0.25, -0.2) is 4.98 Å². The molecule has 1 fully saturated rings. The minimum Gasteiger partial charge on any atom is -0.372 e. The number of morpholine rings is 1. The van der Waals surface area contributed by atoms with Crippen molar-refractivity contribution in [3.63, 3.8) is 0 Å². The van der Waals surface area contributed by atoms with Gasteiger partial charge in [-0.2, -0.15) is 5.26 Å². The monoisotopic (exact) mass is 308 g/mol. The molecule has 2 heterocycles. The molecular weight excluding hydrogens is 288 g/mol. The molecule has 0 unspecified atom stereocenters. The molecule has 3 rings (SSSR count). The zero-order valence-corrected chi connectivity index (χ0v) is 13.4. The first-order valence-electron chi connectivity index (χ1n) is 7.77. The average Bonchev–Trinajstić information content (AvgIpc) is 2.55. The van der Waals surface area contributed by atoms with E-state index in [1.807, 2.05) is 12.1 Å². The number of hydrogen-bond acceptors (Lipinski definition) is 5. The Bertz CT molecular complexity index is 680. The molecule has 1 saturated heterocycles. The predicted molar refractivity (Wildman–Crippen MR) is 90.9 cm³/mol. The summed E-state index contributed by atoms with van der Waals surface area (Å²) in [4.78, 5) is 6.57. The molecule has 1 aliphatic rings. The first-order valence-corrected chi connectivity index (χ1v) is 7.77. The molecule has 0 amide bonds. The van der Waals surface area contributed by atoms with Crippen LogP contribution in [0.2, 0.25) is 0 Å². The maximum atomic E-state index is 8.79. The lowest BCUT2D eigenvalue weighted by atomic mass is 10.2. The van der Waals surface area contributed by atoms with Crippen molar-refractivity contribution >= 4 is 17.2 Å². The highest BCUT2D eigenvalue weighted by Crippen LogP contribution is 2.23. The first-order chi connectivity index (χ1) is 11.1. The molecule has 1 aromatic heterocycles. The lowest BCUT2D eigenvalue weighted by molar-refractivity contribution is -0.00521. The van der Waals surface area contributed by atoms with Crippen molar-refractivity contribution in [2.75, 3.05) is 23.3 Å². The van der Waals surface area contributed by atoms with Gasteiger partial charge in [-0.05, 0) is 50.2 Å². The Morgan fingerprint density at radius 3 is 2.39 bits per heavy atom. The molecule has 2 aromatic rings. The Morgan fingerprint density at radius 2 is 1.83 bits per heavy atom. The molecule has 118 valence electrons. The fourth-order valence-electron chi connectivity index (χ4n) is 2.83. The van der Waals surface area contributed by atoms with Crippen LogP contribution in [0, 0.1) is 11.3 Å². The summed E-state index contributed by atoms with van der Waals surface area (Å²) >= 11 is 0. The zero-order valence-electron chi connectivity index (χ0n) is 13.4. The van der Waals surface area contributed by atoms with E-state index in [4.69, 9.17) is 10.00 Å². The lowest BCUT2D eigenvalue weighted by Crippen LogP contribution is -2.45. The van der Waals surface area contributed by atoms with E-state index >= 15 is 0 Å². The van der Waals surface area contributed by atoms with Gasteiger partial charge in [0.25, 0.3) is 0 Å². The average molecular weight is 308 g/mol. The van der Waals surface area contributed by atoms with Gasteiger partial charge >= 0.3 is 0 Å². The number of aromatic nitrogens is 1. The highest BCUT2D eigenvalue weighted by atomic mass is 16.5. The summed E-state index contributed by atoms with van der Waals surface area (Å²) in [6, 6.07) is 13.9. The van der Waals surface area contributed by atoms with E-state index in [0.29, 0.717) is 5.56 Å². The highest BCUT2D eigenvalue weighted by Gasteiger charge is 2.22. The maximum Gasteiger partial charge on any atom is 0.130 e. The van der Waals surface area contributed by atoms with Crippen molar-refractivity contribution in [2.45, 2.75) is 26.1 Å². The van der Waals surface area contributed by atoms with E-state index in [-0.39, 0.29) is 12.2 Å². The van der Waals surface area contributed by atoms with Gasteiger partial charge in [-0.1, -0.05) is 0 Å². The van der Waals surface area contributed by atoms with Gasteiger partial charge in [-0.3, -0.25) is 0 Å². The number of rotatable bonds is 3. The molecule has 1 N–H and O–H groups in total. The number of benzene rings is 1. The van der Waals surface area contributed by atoms with Crippen LogP contribution in [0.3, 0.4) is 0 Å². The third-order valence-corrected chi connectivity index (χ3v) is 3.82. The molecule has 5 heteroatoms. The number of ether oxygens (including phenoxy) is 1. The van der Waals surface area contributed by atoms with Gasteiger partial charge < -0.3 is 15.0 Å². The number of pyridine rings is 1. The van der Waals surface area contributed by atoms with Crippen LogP contribution >= 0.6 is 0 Å². The van der Waals surface area contributed by atoms with E-state index in [9.17, 15) is 0 Å². The van der Waals surface area contributed by atoms with Gasteiger partial charge in [0.15, 0.2) is 0 Å². The number of anilines is 3. The van der Waals surface area contributed by atoms with E-state index in [0.717, 1.165) is 24.6 Å². The smallest absolute Gasteiger partial charge is 0.130 e. The summed E-state index contributed by atoms with van der Waals surface area (Å²) in [6.07, 6.45) is 2.06. The molecule has 0 saturated carbocycles. The fourth-order valence-corrected chi connectivity index (χ4v) is 2.83. The van der Waals surface area contributed by atoms with Crippen LogP contribution < -0.4 is 10.2 Å². The third-order valence-electron chi connectivity index (χ3n) is 3.82. The normalized spacial score (nSPS) is 20.8. The number of nitrogens with zero attached hydrogens (tertiary/aromatic N) is 3. The first kappa shape index (κ1) is 15.3. The van der Waals surface area contributed by atoms with Crippen molar-refractivity contribution in [3.05, 3.63) is 48.2 Å².